The zero-order valence-electron chi connectivity index (χ0n) is 7.04. The van der Waals surface area contributed by atoms with E-state index in [0.29, 0.717) is 0 Å². The molecule has 0 atom stereocenters. The third-order valence-corrected chi connectivity index (χ3v) is 2.40. The Kier molecular flexibility index (Phi) is 1.19. The van der Waals surface area contributed by atoms with Crippen molar-refractivity contribution in [2.75, 3.05) is 0 Å². The second kappa shape index (κ2) is 2.33. The fourth-order valence-corrected chi connectivity index (χ4v) is 1.75. The van der Waals surface area contributed by atoms with Crippen molar-refractivity contribution in [3.63, 3.8) is 0 Å². The van der Waals surface area contributed by atoms with Gasteiger partial charge in [-0.25, -0.2) is 4.98 Å². The van der Waals surface area contributed by atoms with Crippen LogP contribution in [0.25, 0.3) is 21.7 Å². The fourth-order valence-electron chi connectivity index (χ4n) is 1.75. The number of pyridine rings is 1. The largest absolute Gasteiger partial charge is 0.361 e. The molecule has 1 aromatic carbocycles. The van der Waals surface area contributed by atoms with Crippen molar-refractivity contribution in [2.45, 2.75) is 0 Å². The van der Waals surface area contributed by atoms with Crippen molar-refractivity contribution >= 4 is 21.7 Å². The third kappa shape index (κ3) is 0.855. The van der Waals surface area contributed by atoms with Gasteiger partial charge < -0.3 is 4.98 Å². The second-order valence-electron chi connectivity index (χ2n) is 3.15. The molecule has 0 aliphatic heterocycles. The number of benzene rings is 1. The summed E-state index contributed by atoms with van der Waals surface area (Å²) in [5.74, 6) is 0. The molecule has 0 fully saturated rings. The van der Waals surface area contributed by atoms with Gasteiger partial charge in [-0.2, -0.15) is 0 Å². The molecule has 3 aromatic rings. The normalized spacial score (nSPS) is 11.1. The van der Waals surface area contributed by atoms with Gasteiger partial charge in [0.1, 0.15) is 0 Å². The van der Waals surface area contributed by atoms with Crippen molar-refractivity contribution in [2.24, 2.45) is 0 Å². The van der Waals surface area contributed by atoms with E-state index in [0.717, 1.165) is 0 Å². The van der Waals surface area contributed by atoms with Crippen LogP contribution in [0.4, 0.5) is 0 Å². The lowest BCUT2D eigenvalue weighted by Gasteiger charge is -1.94. The van der Waals surface area contributed by atoms with E-state index in [-0.39, 0.29) is 0 Å². The molecule has 0 radical (unpaired) electrons. The van der Waals surface area contributed by atoms with E-state index in [2.05, 4.69) is 34.2 Å². The number of fused-ring (bicyclic) bond motifs is 3. The highest BCUT2D eigenvalue weighted by molar-refractivity contribution is 6.05. The first kappa shape index (κ1) is 6.66. The van der Waals surface area contributed by atoms with Crippen molar-refractivity contribution in [1.82, 2.24) is 4.98 Å². The Balaban J connectivity index is 2.65. The molecule has 2 heterocycles. The van der Waals surface area contributed by atoms with Crippen LogP contribution in [0.5, 0.6) is 0 Å². The molecular weight excluding hydrogens is 160 g/mol. The molecule has 0 amide bonds. The molecule has 62 valence electrons. The summed E-state index contributed by atoms with van der Waals surface area (Å²) in [6.45, 7) is 0. The molecule has 2 aromatic heterocycles. The van der Waals surface area contributed by atoms with Crippen LogP contribution >= 0.6 is 0 Å². The van der Waals surface area contributed by atoms with Crippen molar-refractivity contribution in [3.05, 3.63) is 42.9 Å². The molecule has 2 nitrogen and oxygen atoms in total. The quantitative estimate of drug-likeness (QED) is 0.534. The van der Waals surface area contributed by atoms with E-state index in [9.17, 15) is 0 Å². The van der Waals surface area contributed by atoms with Crippen LogP contribution < -0.4 is 4.98 Å². The Bertz CT molecular complexity index is 566. The van der Waals surface area contributed by atoms with Gasteiger partial charge in [0.05, 0.1) is 5.39 Å². The van der Waals surface area contributed by atoms with E-state index in [1.54, 1.807) is 0 Å². The number of H-pyrrole nitrogens is 2. The van der Waals surface area contributed by atoms with Gasteiger partial charge >= 0.3 is 0 Å². The maximum atomic E-state index is 3.20. The first-order valence-corrected chi connectivity index (χ1v) is 4.31. The first-order chi connectivity index (χ1) is 6.45. The summed E-state index contributed by atoms with van der Waals surface area (Å²) >= 11 is 0. The monoisotopic (exact) mass is 169 g/mol. The smallest absolute Gasteiger partial charge is 0.175 e. The van der Waals surface area contributed by atoms with Gasteiger partial charge in [-0.1, -0.05) is 6.07 Å². The first-order valence-electron chi connectivity index (χ1n) is 4.31. The van der Waals surface area contributed by atoms with Gasteiger partial charge in [-0.3, -0.25) is 0 Å². The van der Waals surface area contributed by atoms with Crippen LogP contribution in [0.3, 0.4) is 0 Å². The predicted molar refractivity (Wildman–Crippen MR) is 52.4 cm³/mol. The van der Waals surface area contributed by atoms with Gasteiger partial charge in [-0.05, 0) is 17.5 Å². The Hall–Kier alpha value is -1.83. The van der Waals surface area contributed by atoms with Crippen LogP contribution in [0.1, 0.15) is 0 Å². The number of nitrogens with one attached hydrogen (secondary N) is 2. The number of aromatic nitrogens is 2. The van der Waals surface area contributed by atoms with E-state index in [1.165, 1.54) is 21.7 Å². The standard InChI is InChI=1S/C11H8N2/c1-2-11-9(4-6-13-11)10-7-12-5-3-8(1)10/h1-7,13H/p+1. The molecule has 0 spiro atoms. The second-order valence-corrected chi connectivity index (χ2v) is 3.15. The van der Waals surface area contributed by atoms with Crippen molar-refractivity contribution < 1.29 is 4.98 Å². The van der Waals surface area contributed by atoms with E-state index in [1.807, 2.05) is 18.6 Å². The average molecular weight is 169 g/mol. The molecule has 0 aliphatic rings. The minimum atomic E-state index is 1.19. The zero-order valence-corrected chi connectivity index (χ0v) is 7.04. The van der Waals surface area contributed by atoms with Crippen LogP contribution in [-0.2, 0) is 0 Å². The molecule has 13 heavy (non-hydrogen) atoms. The summed E-state index contributed by atoms with van der Waals surface area (Å²) < 4.78 is 0. The molecular formula is C11H9N2+. The molecule has 0 saturated heterocycles. The lowest BCUT2D eigenvalue weighted by Crippen LogP contribution is -1.97. The summed E-state index contributed by atoms with van der Waals surface area (Å²) in [6, 6.07) is 8.42. The molecule has 0 bridgehead atoms. The molecule has 2 heteroatoms. The summed E-state index contributed by atoms with van der Waals surface area (Å²) in [5, 5.41) is 3.81. The Morgan fingerprint density at radius 1 is 1.00 bits per heavy atom. The molecule has 0 aliphatic carbocycles. The number of hydrogen-bond donors (Lipinski definition) is 1. The minimum Gasteiger partial charge on any atom is -0.361 e. The van der Waals surface area contributed by atoms with Crippen LogP contribution in [-0.4, -0.2) is 4.98 Å². The fraction of sp³-hybridized carbons (Fsp3) is 0. The maximum absolute atomic E-state index is 3.20. The average Bonchev–Trinajstić information content (AvgIpc) is 2.65. The molecule has 2 N–H and O–H groups in total. The predicted octanol–water partition coefficient (Wildman–Crippen LogP) is 2.14. The molecule has 0 saturated carbocycles. The highest BCUT2D eigenvalue weighted by Gasteiger charge is 2.01. The molecule has 3 rings (SSSR count). The van der Waals surface area contributed by atoms with Gasteiger partial charge in [0, 0.05) is 23.2 Å². The number of hydrogen-bond acceptors (Lipinski definition) is 0. The van der Waals surface area contributed by atoms with Crippen LogP contribution in [0.2, 0.25) is 0 Å². The lowest BCUT2D eigenvalue weighted by molar-refractivity contribution is -0.375. The van der Waals surface area contributed by atoms with Gasteiger partial charge in [0.25, 0.3) is 0 Å². The highest BCUT2D eigenvalue weighted by atomic mass is 14.7. The van der Waals surface area contributed by atoms with Gasteiger partial charge in [0.2, 0.25) is 0 Å². The number of aromatic amines is 2. The van der Waals surface area contributed by atoms with E-state index < -0.39 is 0 Å². The topological polar surface area (TPSA) is 29.9 Å². The lowest BCUT2D eigenvalue weighted by atomic mass is 10.1. The minimum absolute atomic E-state index is 1.19. The zero-order chi connectivity index (χ0) is 8.67. The SMILES string of the molecule is c1cc2c(ccc3cc[nH+]cc32)[nH]1. The molecule has 0 unspecified atom stereocenters. The van der Waals surface area contributed by atoms with E-state index in [4.69, 9.17) is 0 Å². The van der Waals surface area contributed by atoms with Crippen LogP contribution in [0, 0.1) is 0 Å². The maximum Gasteiger partial charge on any atom is 0.175 e. The van der Waals surface area contributed by atoms with Gasteiger partial charge in [0.15, 0.2) is 12.4 Å². The summed E-state index contributed by atoms with van der Waals surface area (Å²) in [6.07, 6.45) is 5.95. The number of rotatable bonds is 0. The summed E-state index contributed by atoms with van der Waals surface area (Å²) in [5.41, 5.74) is 1.19. The third-order valence-electron chi connectivity index (χ3n) is 2.40. The van der Waals surface area contributed by atoms with E-state index >= 15 is 0 Å². The van der Waals surface area contributed by atoms with Crippen molar-refractivity contribution in [1.29, 1.82) is 0 Å². The summed E-state index contributed by atoms with van der Waals surface area (Å²) in [7, 11) is 0. The summed E-state index contributed by atoms with van der Waals surface area (Å²) in [4.78, 5) is 6.30. The van der Waals surface area contributed by atoms with Crippen molar-refractivity contribution in [3.8, 4) is 0 Å². The Morgan fingerprint density at radius 2 is 2.00 bits per heavy atom. The highest BCUT2D eigenvalue weighted by Crippen LogP contribution is 2.22. The van der Waals surface area contributed by atoms with Gasteiger partial charge in [-0.15, -0.1) is 0 Å². The Morgan fingerprint density at radius 3 is 3.00 bits per heavy atom. The Labute approximate surface area is 75.2 Å². The van der Waals surface area contributed by atoms with Crippen LogP contribution in [0.15, 0.2) is 42.9 Å².